The van der Waals surface area contributed by atoms with E-state index in [2.05, 4.69) is 59.9 Å². The molecule has 0 amide bonds. The van der Waals surface area contributed by atoms with Crippen LogP contribution in [-0.2, 0) is 6.54 Å². The molecule has 4 aromatic rings. The maximum absolute atomic E-state index is 5.70. The van der Waals surface area contributed by atoms with Crippen LogP contribution in [0.4, 0.5) is 5.69 Å². The molecule has 3 aromatic carbocycles. The van der Waals surface area contributed by atoms with Crippen LogP contribution in [0.15, 0.2) is 66.7 Å². The Morgan fingerprint density at radius 3 is 2.58 bits per heavy atom. The number of hydrogen-bond acceptors (Lipinski definition) is 3. The van der Waals surface area contributed by atoms with Crippen LogP contribution in [0.2, 0.25) is 0 Å². The van der Waals surface area contributed by atoms with Gasteiger partial charge in [0, 0.05) is 38.0 Å². The minimum absolute atomic E-state index is 0.684. The third-order valence-corrected chi connectivity index (χ3v) is 5.28. The van der Waals surface area contributed by atoms with E-state index in [1.165, 1.54) is 25.7 Å². The van der Waals surface area contributed by atoms with Crippen molar-refractivity contribution in [3.8, 4) is 5.75 Å². The molecular weight excluding hydrogens is 314 g/mol. The molecule has 4 rings (SSSR count). The van der Waals surface area contributed by atoms with E-state index >= 15 is 0 Å². The van der Waals surface area contributed by atoms with Gasteiger partial charge in [0.1, 0.15) is 5.75 Å². The van der Waals surface area contributed by atoms with Gasteiger partial charge in [0.2, 0.25) is 0 Å². The molecule has 0 saturated heterocycles. The van der Waals surface area contributed by atoms with Crippen LogP contribution in [-0.4, -0.2) is 6.61 Å². The minimum Gasteiger partial charge on any atom is -0.494 e. The average Bonchev–Trinajstić information content (AvgIpc) is 2.99. The van der Waals surface area contributed by atoms with Crippen LogP contribution in [0, 0.1) is 0 Å². The SMILES string of the molecule is CCOc1ccccc1CNc1ccc2sc3ccccc3c2c1. The van der Waals surface area contributed by atoms with Gasteiger partial charge in [0.25, 0.3) is 0 Å². The van der Waals surface area contributed by atoms with Gasteiger partial charge in [-0.3, -0.25) is 0 Å². The molecule has 0 aliphatic carbocycles. The van der Waals surface area contributed by atoms with E-state index in [1.807, 2.05) is 30.4 Å². The van der Waals surface area contributed by atoms with Gasteiger partial charge in [0.15, 0.2) is 0 Å². The second kappa shape index (κ2) is 6.54. The van der Waals surface area contributed by atoms with Crippen LogP contribution in [0.1, 0.15) is 12.5 Å². The molecule has 0 saturated carbocycles. The minimum atomic E-state index is 0.684. The first kappa shape index (κ1) is 15.0. The predicted octanol–water partition coefficient (Wildman–Crippen LogP) is 6.07. The van der Waals surface area contributed by atoms with Crippen LogP contribution in [0.5, 0.6) is 5.75 Å². The first-order chi connectivity index (χ1) is 11.8. The van der Waals surface area contributed by atoms with Crippen molar-refractivity contribution in [1.82, 2.24) is 0 Å². The number of thiophene rings is 1. The monoisotopic (exact) mass is 333 g/mol. The van der Waals surface area contributed by atoms with Crippen LogP contribution in [0.25, 0.3) is 20.2 Å². The number of anilines is 1. The summed E-state index contributed by atoms with van der Waals surface area (Å²) in [5.74, 6) is 0.953. The molecular formula is C21H19NOS. The molecule has 3 heteroatoms. The fourth-order valence-electron chi connectivity index (χ4n) is 2.98. The van der Waals surface area contributed by atoms with Gasteiger partial charge < -0.3 is 10.1 Å². The molecule has 0 atom stereocenters. The molecule has 120 valence electrons. The summed E-state index contributed by atoms with van der Waals surface area (Å²) in [6, 6.07) is 23.4. The molecule has 1 heterocycles. The summed E-state index contributed by atoms with van der Waals surface area (Å²) in [6.45, 7) is 3.45. The molecule has 1 aromatic heterocycles. The van der Waals surface area contributed by atoms with Gasteiger partial charge in [-0.2, -0.15) is 0 Å². The predicted molar refractivity (Wildman–Crippen MR) is 104 cm³/mol. The van der Waals surface area contributed by atoms with Gasteiger partial charge in [0.05, 0.1) is 6.61 Å². The van der Waals surface area contributed by atoms with E-state index in [1.54, 1.807) is 0 Å². The van der Waals surface area contributed by atoms with Gasteiger partial charge in [-0.15, -0.1) is 11.3 Å². The summed E-state index contributed by atoms with van der Waals surface area (Å²) in [4.78, 5) is 0. The van der Waals surface area contributed by atoms with Crippen LogP contribution >= 0.6 is 11.3 Å². The van der Waals surface area contributed by atoms with Crippen molar-refractivity contribution < 1.29 is 4.74 Å². The number of fused-ring (bicyclic) bond motifs is 3. The third-order valence-electron chi connectivity index (χ3n) is 4.13. The summed E-state index contributed by atoms with van der Waals surface area (Å²) in [7, 11) is 0. The summed E-state index contributed by atoms with van der Waals surface area (Å²) in [6.07, 6.45) is 0. The van der Waals surface area contributed by atoms with Crippen LogP contribution in [0.3, 0.4) is 0 Å². The van der Waals surface area contributed by atoms with Crippen molar-refractivity contribution in [2.45, 2.75) is 13.5 Å². The second-order valence-electron chi connectivity index (χ2n) is 5.70. The zero-order valence-corrected chi connectivity index (χ0v) is 14.4. The first-order valence-corrected chi connectivity index (χ1v) is 9.02. The molecule has 0 bridgehead atoms. The Kier molecular flexibility index (Phi) is 4.09. The van der Waals surface area contributed by atoms with Crippen molar-refractivity contribution in [1.29, 1.82) is 0 Å². The summed E-state index contributed by atoms with van der Waals surface area (Å²) in [5.41, 5.74) is 2.31. The maximum Gasteiger partial charge on any atom is 0.124 e. The normalized spacial score (nSPS) is 11.0. The Bertz CT molecular complexity index is 989. The molecule has 1 N–H and O–H groups in total. The zero-order valence-electron chi connectivity index (χ0n) is 13.6. The van der Waals surface area contributed by atoms with Crippen LogP contribution < -0.4 is 10.1 Å². The van der Waals surface area contributed by atoms with E-state index in [-0.39, 0.29) is 0 Å². The Hall–Kier alpha value is -2.52. The molecule has 0 aliphatic heterocycles. The standard InChI is InChI=1S/C21H19NOS/c1-2-23-19-9-5-3-7-15(19)14-22-16-11-12-21-18(13-16)17-8-4-6-10-20(17)24-21/h3-13,22H,2,14H2,1H3. The highest BCUT2D eigenvalue weighted by atomic mass is 32.1. The number of rotatable bonds is 5. The fraction of sp³-hybridized carbons (Fsp3) is 0.143. The van der Waals surface area contributed by atoms with E-state index in [9.17, 15) is 0 Å². The summed E-state index contributed by atoms with van der Waals surface area (Å²) < 4.78 is 8.37. The quantitative estimate of drug-likeness (QED) is 0.479. The maximum atomic E-state index is 5.70. The highest BCUT2D eigenvalue weighted by Gasteiger charge is 2.06. The van der Waals surface area contributed by atoms with E-state index in [0.717, 1.165) is 18.0 Å². The molecule has 0 radical (unpaired) electrons. The molecule has 2 nitrogen and oxygen atoms in total. The first-order valence-electron chi connectivity index (χ1n) is 8.21. The molecule has 0 spiro atoms. The Morgan fingerprint density at radius 2 is 1.67 bits per heavy atom. The van der Waals surface area contributed by atoms with Gasteiger partial charge in [-0.25, -0.2) is 0 Å². The molecule has 24 heavy (non-hydrogen) atoms. The Labute approximate surface area is 145 Å². The topological polar surface area (TPSA) is 21.3 Å². The Balaban J connectivity index is 1.62. The second-order valence-corrected chi connectivity index (χ2v) is 6.79. The number of para-hydroxylation sites is 1. The van der Waals surface area contributed by atoms with E-state index in [0.29, 0.717) is 6.61 Å². The third kappa shape index (κ3) is 2.83. The molecule has 0 fully saturated rings. The van der Waals surface area contributed by atoms with Gasteiger partial charge >= 0.3 is 0 Å². The van der Waals surface area contributed by atoms with Crippen molar-refractivity contribution in [3.05, 3.63) is 72.3 Å². The number of nitrogens with one attached hydrogen (secondary N) is 1. The lowest BCUT2D eigenvalue weighted by molar-refractivity contribution is 0.337. The van der Waals surface area contributed by atoms with Crippen molar-refractivity contribution in [2.75, 3.05) is 11.9 Å². The highest BCUT2D eigenvalue weighted by molar-refractivity contribution is 7.25. The zero-order chi connectivity index (χ0) is 16.4. The lowest BCUT2D eigenvalue weighted by atomic mass is 10.1. The lowest BCUT2D eigenvalue weighted by Crippen LogP contribution is -2.02. The number of hydrogen-bond donors (Lipinski definition) is 1. The van der Waals surface area contributed by atoms with Gasteiger partial charge in [-0.05, 0) is 37.3 Å². The molecule has 0 unspecified atom stereocenters. The number of ether oxygens (including phenoxy) is 1. The largest absolute Gasteiger partial charge is 0.494 e. The highest BCUT2D eigenvalue weighted by Crippen LogP contribution is 2.35. The number of benzene rings is 3. The Morgan fingerprint density at radius 1 is 0.875 bits per heavy atom. The van der Waals surface area contributed by atoms with Crippen molar-refractivity contribution >= 4 is 37.2 Å². The molecule has 0 aliphatic rings. The lowest BCUT2D eigenvalue weighted by Gasteiger charge is -2.11. The van der Waals surface area contributed by atoms with Crippen molar-refractivity contribution in [2.24, 2.45) is 0 Å². The van der Waals surface area contributed by atoms with Crippen molar-refractivity contribution in [3.63, 3.8) is 0 Å². The fourth-order valence-corrected chi connectivity index (χ4v) is 4.07. The van der Waals surface area contributed by atoms with E-state index < -0.39 is 0 Å². The summed E-state index contributed by atoms with van der Waals surface area (Å²) >= 11 is 1.85. The summed E-state index contributed by atoms with van der Waals surface area (Å²) in [5, 5.41) is 6.18. The average molecular weight is 333 g/mol. The van der Waals surface area contributed by atoms with E-state index in [4.69, 9.17) is 4.74 Å². The smallest absolute Gasteiger partial charge is 0.124 e. The van der Waals surface area contributed by atoms with Gasteiger partial charge in [-0.1, -0.05) is 36.4 Å².